The fourth-order valence-electron chi connectivity index (χ4n) is 1.47. The van der Waals surface area contributed by atoms with Gasteiger partial charge in [0.25, 0.3) is 0 Å². The zero-order chi connectivity index (χ0) is 7.73. The maximum atomic E-state index is 10.6. The average molecular weight is 174 g/mol. The van der Waals surface area contributed by atoms with E-state index in [0.717, 1.165) is 17.8 Å². The molecule has 2 rings (SSSR count). The Labute approximate surface area is 69.4 Å². The molecular formula is C7H10O3S. The Balaban J connectivity index is 2.15. The van der Waals surface area contributed by atoms with Gasteiger partial charge < -0.3 is 14.3 Å². The molecule has 62 valence electrons. The smallest absolute Gasteiger partial charge is 0.187 e. The van der Waals surface area contributed by atoms with E-state index in [1.54, 1.807) is 11.8 Å². The molecule has 0 N–H and O–H groups in total. The summed E-state index contributed by atoms with van der Waals surface area (Å²) in [5.74, 6) is 1.03. The minimum absolute atomic E-state index is 0.0602. The summed E-state index contributed by atoms with van der Waals surface area (Å²) in [6.45, 7) is 1.26. The SMILES string of the molecule is O=CC1CSCC12OCCO2. The van der Waals surface area contributed by atoms with Gasteiger partial charge in [0.15, 0.2) is 5.79 Å². The second-order valence-electron chi connectivity index (χ2n) is 2.77. The van der Waals surface area contributed by atoms with E-state index in [0.29, 0.717) is 13.2 Å². The van der Waals surface area contributed by atoms with Crippen molar-refractivity contribution in [3.05, 3.63) is 0 Å². The van der Waals surface area contributed by atoms with Crippen LogP contribution >= 0.6 is 11.8 Å². The van der Waals surface area contributed by atoms with Gasteiger partial charge in [0.2, 0.25) is 0 Å². The standard InChI is InChI=1S/C7H10O3S/c8-3-6-4-11-5-7(6)9-1-2-10-7/h3,6H,1-2,4-5H2. The van der Waals surface area contributed by atoms with Crippen LogP contribution in [0.3, 0.4) is 0 Å². The lowest BCUT2D eigenvalue weighted by Crippen LogP contribution is -2.38. The lowest BCUT2D eigenvalue weighted by atomic mass is 10.1. The molecule has 0 aromatic heterocycles. The molecule has 2 aliphatic heterocycles. The van der Waals surface area contributed by atoms with E-state index in [2.05, 4.69) is 0 Å². The lowest BCUT2D eigenvalue weighted by Gasteiger charge is -2.24. The predicted octanol–water partition coefficient (Wildman–Crippen LogP) is 0.291. The molecule has 3 nitrogen and oxygen atoms in total. The van der Waals surface area contributed by atoms with Crippen molar-refractivity contribution in [3.8, 4) is 0 Å². The van der Waals surface area contributed by atoms with Gasteiger partial charge in [0.05, 0.1) is 19.1 Å². The number of hydrogen-bond donors (Lipinski definition) is 0. The Kier molecular flexibility index (Phi) is 1.91. The molecule has 1 unspecified atom stereocenters. The van der Waals surface area contributed by atoms with Gasteiger partial charge in [-0.2, -0.15) is 11.8 Å². The van der Waals surface area contributed by atoms with Gasteiger partial charge in [0.1, 0.15) is 6.29 Å². The first-order valence-electron chi connectivity index (χ1n) is 3.68. The van der Waals surface area contributed by atoms with Gasteiger partial charge in [-0.1, -0.05) is 0 Å². The third-order valence-corrected chi connectivity index (χ3v) is 3.31. The monoisotopic (exact) mass is 174 g/mol. The number of carbonyl (C=O) groups is 1. The number of aldehydes is 1. The Hall–Kier alpha value is -0.0600. The number of hydrogen-bond acceptors (Lipinski definition) is 4. The van der Waals surface area contributed by atoms with Crippen molar-refractivity contribution < 1.29 is 14.3 Å². The predicted molar refractivity (Wildman–Crippen MR) is 41.5 cm³/mol. The first-order chi connectivity index (χ1) is 5.37. The number of rotatable bonds is 1. The van der Waals surface area contributed by atoms with Gasteiger partial charge in [-0.3, -0.25) is 0 Å². The van der Waals surface area contributed by atoms with Crippen molar-refractivity contribution in [1.82, 2.24) is 0 Å². The molecule has 0 radical (unpaired) electrons. The van der Waals surface area contributed by atoms with E-state index < -0.39 is 5.79 Å². The van der Waals surface area contributed by atoms with E-state index in [1.807, 2.05) is 0 Å². The van der Waals surface area contributed by atoms with E-state index in [4.69, 9.17) is 9.47 Å². The minimum atomic E-state index is -0.549. The van der Waals surface area contributed by atoms with Crippen molar-refractivity contribution in [3.63, 3.8) is 0 Å². The largest absolute Gasteiger partial charge is 0.346 e. The van der Waals surface area contributed by atoms with E-state index in [-0.39, 0.29) is 5.92 Å². The normalized spacial score (nSPS) is 34.7. The molecule has 0 amide bonds. The van der Waals surface area contributed by atoms with Crippen molar-refractivity contribution >= 4 is 18.0 Å². The van der Waals surface area contributed by atoms with Crippen LogP contribution in [0.5, 0.6) is 0 Å². The maximum Gasteiger partial charge on any atom is 0.187 e. The molecule has 0 aromatic carbocycles. The van der Waals surface area contributed by atoms with Gasteiger partial charge in [-0.05, 0) is 0 Å². The van der Waals surface area contributed by atoms with Gasteiger partial charge in [-0.25, -0.2) is 0 Å². The first-order valence-corrected chi connectivity index (χ1v) is 4.84. The summed E-state index contributed by atoms with van der Waals surface area (Å²) < 4.78 is 10.9. The highest BCUT2D eigenvalue weighted by Gasteiger charge is 2.48. The van der Waals surface area contributed by atoms with Crippen LogP contribution in [0.4, 0.5) is 0 Å². The van der Waals surface area contributed by atoms with Gasteiger partial charge >= 0.3 is 0 Å². The average Bonchev–Trinajstić information content (AvgIpc) is 2.62. The molecule has 0 saturated carbocycles. The molecule has 2 fully saturated rings. The Bertz CT molecular complexity index is 160. The summed E-state index contributed by atoms with van der Waals surface area (Å²) in [7, 11) is 0. The van der Waals surface area contributed by atoms with Crippen LogP contribution in [-0.2, 0) is 14.3 Å². The third kappa shape index (κ3) is 1.09. The Morgan fingerprint density at radius 1 is 1.45 bits per heavy atom. The molecule has 2 heterocycles. The van der Waals surface area contributed by atoms with Crippen LogP contribution in [0.25, 0.3) is 0 Å². The van der Waals surface area contributed by atoms with Crippen LogP contribution in [-0.4, -0.2) is 36.8 Å². The van der Waals surface area contributed by atoms with Crippen molar-refractivity contribution in [2.45, 2.75) is 5.79 Å². The highest BCUT2D eigenvalue weighted by atomic mass is 32.2. The fourth-order valence-corrected chi connectivity index (χ4v) is 2.84. The van der Waals surface area contributed by atoms with Crippen LogP contribution in [0, 0.1) is 5.92 Å². The lowest BCUT2D eigenvalue weighted by molar-refractivity contribution is -0.168. The van der Waals surface area contributed by atoms with Crippen molar-refractivity contribution in [2.24, 2.45) is 5.92 Å². The van der Waals surface area contributed by atoms with Crippen molar-refractivity contribution in [1.29, 1.82) is 0 Å². The molecule has 2 saturated heterocycles. The summed E-state index contributed by atoms with van der Waals surface area (Å²) in [4.78, 5) is 10.6. The summed E-state index contributed by atoms with van der Waals surface area (Å²) in [5.41, 5.74) is 0. The maximum absolute atomic E-state index is 10.6. The number of ether oxygens (including phenoxy) is 2. The molecule has 0 aromatic rings. The quantitative estimate of drug-likeness (QED) is 0.535. The van der Waals surface area contributed by atoms with E-state index >= 15 is 0 Å². The minimum Gasteiger partial charge on any atom is -0.346 e. The molecule has 1 atom stereocenters. The number of thioether (sulfide) groups is 1. The Morgan fingerprint density at radius 3 is 2.82 bits per heavy atom. The second kappa shape index (κ2) is 2.77. The fraction of sp³-hybridized carbons (Fsp3) is 0.857. The van der Waals surface area contributed by atoms with Gasteiger partial charge in [0, 0.05) is 11.5 Å². The first kappa shape index (κ1) is 7.58. The summed E-state index contributed by atoms with van der Waals surface area (Å²) in [6.07, 6.45) is 0.950. The molecule has 0 bridgehead atoms. The highest BCUT2D eigenvalue weighted by molar-refractivity contribution is 7.99. The molecule has 0 aliphatic carbocycles. The zero-order valence-corrected chi connectivity index (χ0v) is 6.93. The van der Waals surface area contributed by atoms with Crippen LogP contribution in [0.15, 0.2) is 0 Å². The second-order valence-corrected chi connectivity index (χ2v) is 3.80. The molecule has 11 heavy (non-hydrogen) atoms. The van der Waals surface area contributed by atoms with Crippen molar-refractivity contribution in [2.75, 3.05) is 24.7 Å². The summed E-state index contributed by atoms with van der Waals surface area (Å²) in [5, 5.41) is 0. The molecule has 2 aliphatic rings. The molecular weight excluding hydrogens is 164 g/mol. The van der Waals surface area contributed by atoms with Gasteiger partial charge in [-0.15, -0.1) is 0 Å². The number of carbonyl (C=O) groups excluding carboxylic acids is 1. The van der Waals surface area contributed by atoms with Crippen LogP contribution in [0.1, 0.15) is 0 Å². The zero-order valence-electron chi connectivity index (χ0n) is 6.12. The third-order valence-electron chi connectivity index (χ3n) is 2.11. The Morgan fingerprint density at radius 2 is 2.18 bits per heavy atom. The van der Waals surface area contributed by atoms with Crippen LogP contribution in [0.2, 0.25) is 0 Å². The van der Waals surface area contributed by atoms with Crippen LogP contribution < -0.4 is 0 Å². The summed E-state index contributed by atoms with van der Waals surface area (Å²) >= 11 is 1.72. The molecule has 1 spiro atoms. The summed E-state index contributed by atoms with van der Waals surface area (Å²) in [6, 6.07) is 0. The topological polar surface area (TPSA) is 35.5 Å². The van der Waals surface area contributed by atoms with E-state index in [9.17, 15) is 4.79 Å². The van der Waals surface area contributed by atoms with E-state index in [1.165, 1.54) is 0 Å². The highest BCUT2D eigenvalue weighted by Crippen LogP contribution is 2.38. The molecule has 4 heteroatoms.